The summed E-state index contributed by atoms with van der Waals surface area (Å²) in [5.41, 5.74) is 0. The lowest BCUT2D eigenvalue weighted by Gasteiger charge is -2.26. The average molecular weight is 389 g/mol. The fraction of sp³-hybridized carbons (Fsp3) is 0.160. The zero-order valence-corrected chi connectivity index (χ0v) is 16.8. The number of allylic oxidation sites excluding steroid dienone is 2. The van der Waals surface area contributed by atoms with Gasteiger partial charge in [0.05, 0.1) is 6.16 Å². The molecule has 0 aromatic heterocycles. The first kappa shape index (κ1) is 20.0. The predicted octanol–water partition coefficient (Wildman–Crippen LogP) is 4.79. The number of carbonyl (C=O) groups is 1. The van der Waals surface area contributed by atoms with Gasteiger partial charge in [0.15, 0.2) is 0 Å². The Morgan fingerprint density at radius 2 is 1.14 bits per heavy atom. The molecule has 0 aliphatic rings. The molecule has 28 heavy (non-hydrogen) atoms. The SMILES string of the molecule is O=C(O)CCCC=CC[P+](c1ccccc1)(c1ccccc1)c1ccccc1. The molecule has 0 saturated heterocycles. The zero-order chi connectivity index (χ0) is 19.7. The summed E-state index contributed by atoms with van der Waals surface area (Å²) in [6.07, 6.45) is 7.03. The minimum atomic E-state index is -1.82. The Kier molecular flexibility index (Phi) is 7.17. The molecule has 1 N–H and O–H groups in total. The lowest BCUT2D eigenvalue weighted by atomic mass is 10.2. The molecule has 3 rings (SSSR count). The highest BCUT2D eigenvalue weighted by molar-refractivity contribution is 7.95. The summed E-state index contributed by atoms with van der Waals surface area (Å²) < 4.78 is 0. The van der Waals surface area contributed by atoms with E-state index in [4.69, 9.17) is 5.11 Å². The molecular formula is C25H26O2P+. The molecule has 3 heteroatoms. The summed E-state index contributed by atoms with van der Waals surface area (Å²) in [5.74, 6) is -0.729. The quantitative estimate of drug-likeness (QED) is 0.325. The molecule has 0 spiro atoms. The van der Waals surface area contributed by atoms with Gasteiger partial charge in [0.2, 0.25) is 0 Å². The number of carboxylic acids is 1. The van der Waals surface area contributed by atoms with Crippen molar-refractivity contribution in [1.82, 2.24) is 0 Å². The van der Waals surface area contributed by atoms with E-state index in [-0.39, 0.29) is 6.42 Å². The van der Waals surface area contributed by atoms with Crippen molar-refractivity contribution >= 4 is 29.1 Å². The molecule has 0 radical (unpaired) electrons. The van der Waals surface area contributed by atoms with Crippen molar-refractivity contribution in [3.8, 4) is 0 Å². The van der Waals surface area contributed by atoms with E-state index in [0.717, 1.165) is 12.6 Å². The van der Waals surface area contributed by atoms with Crippen LogP contribution in [0.5, 0.6) is 0 Å². The van der Waals surface area contributed by atoms with Crippen molar-refractivity contribution < 1.29 is 9.90 Å². The van der Waals surface area contributed by atoms with Gasteiger partial charge in [0.25, 0.3) is 0 Å². The van der Waals surface area contributed by atoms with Gasteiger partial charge in [-0.1, -0.05) is 66.7 Å². The molecule has 0 atom stereocenters. The summed E-state index contributed by atoms with van der Waals surface area (Å²) in [7, 11) is -1.82. The fourth-order valence-corrected chi connectivity index (χ4v) is 7.57. The molecule has 0 fully saturated rings. The number of carboxylic acid groups (broad SMARTS) is 1. The molecular weight excluding hydrogens is 363 g/mol. The van der Waals surface area contributed by atoms with Gasteiger partial charge in [-0.3, -0.25) is 4.79 Å². The summed E-state index contributed by atoms with van der Waals surface area (Å²) in [4.78, 5) is 10.7. The van der Waals surface area contributed by atoms with Crippen molar-refractivity contribution in [3.05, 3.63) is 103 Å². The highest BCUT2D eigenvalue weighted by atomic mass is 31.2. The van der Waals surface area contributed by atoms with Crippen molar-refractivity contribution in [2.24, 2.45) is 0 Å². The van der Waals surface area contributed by atoms with Crippen LogP contribution in [-0.4, -0.2) is 17.2 Å². The second-order valence-corrected chi connectivity index (χ2v) is 10.3. The predicted molar refractivity (Wildman–Crippen MR) is 121 cm³/mol. The second kappa shape index (κ2) is 10.0. The van der Waals surface area contributed by atoms with Crippen LogP contribution < -0.4 is 15.9 Å². The van der Waals surface area contributed by atoms with E-state index in [1.165, 1.54) is 15.9 Å². The van der Waals surface area contributed by atoms with E-state index in [0.29, 0.717) is 6.42 Å². The highest BCUT2D eigenvalue weighted by Crippen LogP contribution is 2.55. The van der Waals surface area contributed by atoms with Crippen LogP contribution in [0, 0.1) is 0 Å². The van der Waals surface area contributed by atoms with E-state index in [1.807, 2.05) is 0 Å². The number of aliphatic carboxylic acids is 1. The molecule has 2 nitrogen and oxygen atoms in total. The van der Waals surface area contributed by atoms with E-state index in [9.17, 15) is 4.79 Å². The third kappa shape index (κ3) is 4.77. The van der Waals surface area contributed by atoms with Crippen LogP contribution in [0.2, 0.25) is 0 Å². The zero-order valence-electron chi connectivity index (χ0n) is 15.9. The van der Waals surface area contributed by atoms with Crippen LogP contribution in [0.4, 0.5) is 0 Å². The van der Waals surface area contributed by atoms with E-state index >= 15 is 0 Å². The molecule has 0 aliphatic heterocycles. The minimum Gasteiger partial charge on any atom is -0.481 e. The van der Waals surface area contributed by atoms with Crippen LogP contribution in [0.25, 0.3) is 0 Å². The third-order valence-corrected chi connectivity index (χ3v) is 9.20. The summed E-state index contributed by atoms with van der Waals surface area (Å²) in [6, 6.07) is 32.4. The monoisotopic (exact) mass is 389 g/mol. The first-order chi connectivity index (χ1) is 13.7. The van der Waals surface area contributed by atoms with Gasteiger partial charge in [-0.25, -0.2) is 0 Å². The first-order valence-corrected chi connectivity index (χ1v) is 11.6. The van der Waals surface area contributed by atoms with E-state index in [2.05, 4.69) is 103 Å². The van der Waals surface area contributed by atoms with Crippen LogP contribution in [0.3, 0.4) is 0 Å². The molecule has 0 heterocycles. The Labute approximate surface area is 167 Å². The molecule has 3 aromatic rings. The van der Waals surface area contributed by atoms with Gasteiger partial charge in [0.1, 0.15) is 23.2 Å². The second-order valence-electron chi connectivity index (χ2n) is 6.76. The van der Waals surface area contributed by atoms with Gasteiger partial charge in [-0.05, 0) is 49.2 Å². The summed E-state index contributed by atoms with van der Waals surface area (Å²) in [6.45, 7) is 0. The van der Waals surface area contributed by atoms with Crippen LogP contribution in [-0.2, 0) is 4.79 Å². The summed E-state index contributed by atoms with van der Waals surface area (Å²) in [5, 5.41) is 12.9. The fourth-order valence-electron chi connectivity index (χ4n) is 3.53. The largest absolute Gasteiger partial charge is 0.481 e. The molecule has 0 saturated carbocycles. The number of hydrogen-bond acceptors (Lipinski definition) is 1. The van der Waals surface area contributed by atoms with Gasteiger partial charge >= 0.3 is 5.97 Å². The van der Waals surface area contributed by atoms with E-state index < -0.39 is 13.2 Å². The lowest BCUT2D eigenvalue weighted by Crippen LogP contribution is -2.32. The van der Waals surface area contributed by atoms with Gasteiger partial charge < -0.3 is 5.11 Å². The molecule has 142 valence electrons. The maximum absolute atomic E-state index is 10.7. The first-order valence-electron chi connectivity index (χ1n) is 9.65. The number of hydrogen-bond donors (Lipinski definition) is 1. The average Bonchev–Trinajstić information content (AvgIpc) is 2.75. The van der Waals surface area contributed by atoms with Crippen LogP contribution >= 0.6 is 7.26 Å². The van der Waals surface area contributed by atoms with Gasteiger partial charge in [-0.2, -0.15) is 0 Å². The Bertz CT molecular complexity index is 793. The van der Waals surface area contributed by atoms with E-state index in [1.54, 1.807) is 0 Å². The standard InChI is InChI=1S/C25H25O2P/c26-25(27)20-12-1-2-13-21-28(22-14-6-3-7-15-22,23-16-8-4-9-17-23)24-18-10-5-11-19-24/h2-11,13-19H,1,12,20-21H2/p+1. The normalized spacial score (nSPS) is 11.6. The Balaban J connectivity index is 2.02. The Hall–Kier alpha value is -2.70. The van der Waals surface area contributed by atoms with Crippen molar-refractivity contribution in [2.45, 2.75) is 19.3 Å². The molecule has 0 bridgehead atoms. The molecule has 0 amide bonds. The minimum absolute atomic E-state index is 0.223. The van der Waals surface area contributed by atoms with Crippen molar-refractivity contribution in [3.63, 3.8) is 0 Å². The Morgan fingerprint density at radius 1 is 0.714 bits per heavy atom. The Morgan fingerprint density at radius 3 is 1.54 bits per heavy atom. The van der Waals surface area contributed by atoms with Crippen LogP contribution in [0.15, 0.2) is 103 Å². The number of rotatable bonds is 9. The maximum Gasteiger partial charge on any atom is 0.303 e. The topological polar surface area (TPSA) is 37.3 Å². The van der Waals surface area contributed by atoms with Gasteiger partial charge in [-0.15, -0.1) is 0 Å². The van der Waals surface area contributed by atoms with Crippen LogP contribution in [0.1, 0.15) is 19.3 Å². The van der Waals surface area contributed by atoms with Gasteiger partial charge in [0, 0.05) is 6.42 Å². The summed E-state index contributed by atoms with van der Waals surface area (Å²) >= 11 is 0. The lowest BCUT2D eigenvalue weighted by molar-refractivity contribution is -0.137. The maximum atomic E-state index is 10.7. The highest BCUT2D eigenvalue weighted by Gasteiger charge is 2.43. The third-order valence-electron chi connectivity index (χ3n) is 4.90. The molecule has 0 unspecified atom stereocenters. The van der Waals surface area contributed by atoms with Crippen molar-refractivity contribution in [1.29, 1.82) is 0 Å². The smallest absolute Gasteiger partial charge is 0.303 e. The molecule has 3 aromatic carbocycles. The number of unbranched alkanes of at least 4 members (excludes halogenated alkanes) is 1. The molecule has 0 aliphatic carbocycles. The number of benzene rings is 3. The van der Waals surface area contributed by atoms with Crippen molar-refractivity contribution in [2.75, 3.05) is 6.16 Å².